The number of amides is 3. The summed E-state index contributed by atoms with van der Waals surface area (Å²) in [6.45, 7) is 10.9. The first-order valence-electron chi connectivity index (χ1n) is 10.7. The van der Waals surface area contributed by atoms with Crippen LogP contribution < -0.4 is 5.32 Å². The Kier molecular flexibility index (Phi) is 5.67. The maximum Gasteiger partial charge on any atom is 0.328 e. The van der Waals surface area contributed by atoms with E-state index in [2.05, 4.69) is 19.2 Å². The molecule has 1 unspecified atom stereocenters. The zero-order valence-electron chi connectivity index (χ0n) is 19.2. The van der Waals surface area contributed by atoms with E-state index in [4.69, 9.17) is 4.74 Å². The Balaban J connectivity index is 1.77. The zero-order chi connectivity index (χ0) is 22.6. The van der Waals surface area contributed by atoms with E-state index in [1.165, 1.54) is 7.11 Å². The van der Waals surface area contributed by atoms with E-state index < -0.39 is 29.4 Å². The molecule has 8 heteroatoms. The number of nitrogens with zero attached hydrogens (tertiary/aromatic N) is 2. The Morgan fingerprint density at radius 2 is 1.87 bits per heavy atom. The lowest BCUT2D eigenvalue weighted by atomic mass is 9.84. The lowest BCUT2D eigenvalue weighted by Crippen LogP contribution is -2.59. The van der Waals surface area contributed by atoms with Crippen LogP contribution in [-0.2, 0) is 23.9 Å². The predicted octanol–water partition coefficient (Wildman–Crippen LogP) is 1.04. The van der Waals surface area contributed by atoms with Crippen LogP contribution in [0, 0.1) is 28.6 Å². The maximum atomic E-state index is 13.6. The van der Waals surface area contributed by atoms with Crippen LogP contribution in [0.15, 0.2) is 0 Å². The molecule has 3 rings (SSSR count). The highest BCUT2D eigenvalue weighted by atomic mass is 16.5. The van der Waals surface area contributed by atoms with Crippen LogP contribution in [0.25, 0.3) is 0 Å². The molecule has 0 aromatic carbocycles. The second-order valence-corrected chi connectivity index (χ2v) is 10.7. The minimum absolute atomic E-state index is 0.00456. The lowest BCUT2D eigenvalue weighted by molar-refractivity contribution is -0.155. The molecule has 3 amide bonds. The quantitative estimate of drug-likeness (QED) is 0.685. The van der Waals surface area contributed by atoms with Gasteiger partial charge in [-0.2, -0.15) is 0 Å². The number of esters is 1. The van der Waals surface area contributed by atoms with E-state index in [1.54, 1.807) is 16.8 Å². The second kappa shape index (κ2) is 7.54. The van der Waals surface area contributed by atoms with Crippen molar-refractivity contribution in [2.24, 2.45) is 28.6 Å². The van der Waals surface area contributed by atoms with E-state index in [1.807, 2.05) is 20.8 Å². The minimum Gasteiger partial charge on any atom is -0.467 e. The average molecular weight is 422 g/mol. The van der Waals surface area contributed by atoms with Crippen molar-refractivity contribution in [2.75, 3.05) is 27.2 Å². The van der Waals surface area contributed by atoms with Crippen LogP contribution in [0.2, 0.25) is 0 Å². The van der Waals surface area contributed by atoms with Crippen LogP contribution in [0.5, 0.6) is 0 Å². The molecular formula is C22H35N3O5. The van der Waals surface area contributed by atoms with Crippen molar-refractivity contribution >= 4 is 23.7 Å². The fraction of sp³-hybridized carbons (Fsp3) is 0.818. The molecule has 0 aromatic heterocycles. The first-order chi connectivity index (χ1) is 13.8. The molecule has 0 bridgehead atoms. The summed E-state index contributed by atoms with van der Waals surface area (Å²) >= 11 is 0. The molecule has 8 nitrogen and oxygen atoms in total. The molecule has 2 saturated heterocycles. The van der Waals surface area contributed by atoms with E-state index in [0.717, 1.165) is 0 Å². The summed E-state index contributed by atoms with van der Waals surface area (Å²) in [6, 6.07) is -1.40. The molecule has 0 radical (unpaired) electrons. The summed E-state index contributed by atoms with van der Waals surface area (Å²) in [4.78, 5) is 54.2. The zero-order valence-corrected chi connectivity index (χ0v) is 19.2. The molecule has 2 heterocycles. The third-order valence-electron chi connectivity index (χ3n) is 7.36. The Morgan fingerprint density at radius 3 is 2.40 bits per heavy atom. The number of methoxy groups -OCH3 is 1. The van der Waals surface area contributed by atoms with E-state index >= 15 is 0 Å². The monoisotopic (exact) mass is 421 g/mol. The standard InChI is InChI=1S/C22H35N3O5/c1-21(2,3)17(23-18(27)12-8-9-24(6)14(26)10-12)19(28)25-11-13-15(22(13,4)5)16(25)20(29)30-7/h12-13,15-17H,8-11H2,1-7H3,(H,23,27)/t12?,13-,15-,16-,17+/m0/s1. The van der Waals surface area contributed by atoms with Crippen molar-refractivity contribution in [3.8, 4) is 0 Å². The summed E-state index contributed by atoms with van der Waals surface area (Å²) < 4.78 is 5.01. The van der Waals surface area contributed by atoms with Gasteiger partial charge in [0.1, 0.15) is 12.1 Å². The third-order valence-corrected chi connectivity index (χ3v) is 7.36. The highest BCUT2D eigenvalue weighted by molar-refractivity contribution is 5.94. The van der Waals surface area contributed by atoms with Crippen molar-refractivity contribution in [3.05, 3.63) is 0 Å². The number of ether oxygens (including phenoxy) is 1. The van der Waals surface area contributed by atoms with Gasteiger partial charge < -0.3 is 19.9 Å². The fourth-order valence-electron chi connectivity index (χ4n) is 5.14. The van der Waals surface area contributed by atoms with Crippen LogP contribution in [0.4, 0.5) is 0 Å². The average Bonchev–Trinajstić information content (AvgIpc) is 3.01. The van der Waals surface area contributed by atoms with Gasteiger partial charge in [-0.05, 0) is 23.2 Å². The molecule has 30 heavy (non-hydrogen) atoms. The van der Waals surface area contributed by atoms with Crippen molar-refractivity contribution in [1.29, 1.82) is 0 Å². The summed E-state index contributed by atoms with van der Waals surface area (Å²) in [7, 11) is 3.07. The van der Waals surface area contributed by atoms with E-state index in [9.17, 15) is 19.2 Å². The van der Waals surface area contributed by atoms with E-state index in [-0.39, 0.29) is 41.4 Å². The molecule has 1 N–H and O–H groups in total. The van der Waals surface area contributed by atoms with Gasteiger partial charge in [-0.25, -0.2) is 4.79 Å². The van der Waals surface area contributed by atoms with Gasteiger partial charge in [0.25, 0.3) is 0 Å². The SMILES string of the molecule is COC(=O)[C@@H]1[C@@H]2[C@H](CN1C(=O)[C@@H](NC(=O)C1CCN(C)C(=O)C1)C(C)(C)C)C2(C)C. The topological polar surface area (TPSA) is 96.0 Å². The van der Waals surface area contributed by atoms with Gasteiger partial charge in [-0.15, -0.1) is 0 Å². The third kappa shape index (κ3) is 3.81. The number of nitrogens with one attached hydrogen (secondary N) is 1. The van der Waals surface area contributed by atoms with Crippen molar-refractivity contribution < 1.29 is 23.9 Å². The van der Waals surface area contributed by atoms with Gasteiger partial charge in [0.05, 0.1) is 7.11 Å². The minimum atomic E-state index is -0.785. The molecule has 0 spiro atoms. The van der Waals surface area contributed by atoms with Gasteiger partial charge >= 0.3 is 5.97 Å². The molecular weight excluding hydrogens is 386 g/mol. The molecule has 1 saturated carbocycles. The number of fused-ring (bicyclic) bond motifs is 1. The number of carbonyl (C=O) groups excluding carboxylic acids is 4. The summed E-state index contributed by atoms with van der Waals surface area (Å²) in [5.41, 5.74) is -0.546. The first-order valence-corrected chi connectivity index (χ1v) is 10.7. The van der Waals surface area contributed by atoms with Gasteiger partial charge in [0.15, 0.2) is 0 Å². The first kappa shape index (κ1) is 22.6. The van der Waals surface area contributed by atoms with Gasteiger partial charge in [-0.3, -0.25) is 14.4 Å². The highest BCUT2D eigenvalue weighted by Gasteiger charge is 2.70. The van der Waals surface area contributed by atoms with E-state index in [0.29, 0.717) is 19.5 Å². The second-order valence-electron chi connectivity index (χ2n) is 10.7. The molecule has 168 valence electrons. The van der Waals surface area contributed by atoms with Crippen molar-refractivity contribution in [3.63, 3.8) is 0 Å². The number of rotatable bonds is 4. The Hall–Kier alpha value is -2.12. The van der Waals surface area contributed by atoms with Crippen LogP contribution in [-0.4, -0.2) is 72.8 Å². The Labute approximate surface area is 178 Å². The highest BCUT2D eigenvalue weighted by Crippen LogP contribution is 2.65. The van der Waals surface area contributed by atoms with Crippen LogP contribution >= 0.6 is 0 Å². The fourth-order valence-corrected chi connectivity index (χ4v) is 5.14. The van der Waals surface area contributed by atoms with Crippen molar-refractivity contribution in [1.82, 2.24) is 15.1 Å². The van der Waals surface area contributed by atoms with Crippen LogP contribution in [0.3, 0.4) is 0 Å². The number of hydrogen-bond donors (Lipinski definition) is 1. The number of likely N-dealkylation sites (tertiary alicyclic amines) is 2. The molecule has 3 aliphatic rings. The largest absolute Gasteiger partial charge is 0.467 e. The predicted molar refractivity (Wildman–Crippen MR) is 110 cm³/mol. The van der Waals surface area contributed by atoms with Crippen molar-refractivity contribution in [2.45, 2.75) is 59.5 Å². The normalized spacial score (nSPS) is 31.1. The Morgan fingerprint density at radius 1 is 1.23 bits per heavy atom. The summed E-state index contributed by atoms with van der Waals surface area (Å²) in [6.07, 6.45) is 0.728. The summed E-state index contributed by atoms with van der Waals surface area (Å²) in [5, 5.41) is 2.91. The van der Waals surface area contributed by atoms with Gasteiger partial charge in [0.2, 0.25) is 17.7 Å². The molecule has 1 aliphatic carbocycles. The van der Waals surface area contributed by atoms with Crippen LogP contribution in [0.1, 0.15) is 47.5 Å². The molecule has 3 fully saturated rings. The number of piperidine rings is 2. The number of hydrogen-bond acceptors (Lipinski definition) is 5. The summed E-state index contributed by atoms with van der Waals surface area (Å²) in [5.74, 6) is -1.09. The molecule has 5 atom stereocenters. The maximum absolute atomic E-state index is 13.6. The smallest absolute Gasteiger partial charge is 0.328 e. The Bertz CT molecular complexity index is 756. The van der Waals surface area contributed by atoms with Gasteiger partial charge in [0, 0.05) is 38.4 Å². The number of carbonyl (C=O) groups is 4. The molecule has 2 aliphatic heterocycles. The lowest BCUT2D eigenvalue weighted by Gasteiger charge is -2.38. The van der Waals surface area contributed by atoms with Gasteiger partial charge in [-0.1, -0.05) is 34.6 Å². The molecule has 0 aromatic rings.